The highest BCUT2D eigenvalue weighted by molar-refractivity contribution is 5.76. The third kappa shape index (κ3) is 4.87. The molecule has 4 nitrogen and oxygen atoms in total. The number of ether oxygens (including phenoxy) is 1. The smallest absolute Gasteiger partial charge is 0.221 e. The summed E-state index contributed by atoms with van der Waals surface area (Å²) in [5.74, 6) is 0.893. The monoisotopic (exact) mass is 236 g/mol. The Bertz CT molecular complexity index is 353. The van der Waals surface area contributed by atoms with Gasteiger partial charge in [-0.25, -0.2) is 0 Å². The molecule has 0 aromatic heterocycles. The van der Waals surface area contributed by atoms with Crippen molar-refractivity contribution in [3.63, 3.8) is 0 Å². The van der Waals surface area contributed by atoms with Crippen LogP contribution in [0.5, 0.6) is 5.75 Å². The number of carbonyl (C=O) groups is 1. The molecule has 4 heteroatoms. The number of rotatable bonds is 7. The van der Waals surface area contributed by atoms with Gasteiger partial charge in [-0.3, -0.25) is 4.79 Å². The van der Waals surface area contributed by atoms with Crippen LogP contribution in [0, 0.1) is 0 Å². The fraction of sp³-hybridized carbons (Fsp3) is 0.462. The number of para-hydroxylation sites is 1. The minimum Gasteiger partial charge on any atom is -0.494 e. The molecule has 17 heavy (non-hydrogen) atoms. The number of hydrogen-bond acceptors (Lipinski definition) is 3. The maximum atomic E-state index is 11.2. The molecule has 0 bridgehead atoms. The predicted molar refractivity (Wildman–Crippen MR) is 68.0 cm³/mol. The van der Waals surface area contributed by atoms with E-state index >= 15 is 0 Å². The molecule has 0 aliphatic rings. The average molecular weight is 236 g/mol. The molecule has 0 aliphatic carbocycles. The van der Waals surface area contributed by atoms with Gasteiger partial charge in [0.15, 0.2) is 0 Å². The Kier molecular flexibility index (Phi) is 6.10. The van der Waals surface area contributed by atoms with Crippen molar-refractivity contribution in [2.75, 3.05) is 19.7 Å². The Balaban J connectivity index is 2.43. The lowest BCUT2D eigenvalue weighted by Gasteiger charge is -2.10. The third-order valence-corrected chi connectivity index (χ3v) is 2.36. The lowest BCUT2D eigenvalue weighted by atomic mass is 10.1. The lowest BCUT2D eigenvalue weighted by molar-refractivity contribution is -0.120. The molecule has 0 radical (unpaired) electrons. The third-order valence-electron chi connectivity index (χ3n) is 2.36. The molecule has 0 saturated carbocycles. The van der Waals surface area contributed by atoms with Gasteiger partial charge in [-0.2, -0.15) is 0 Å². The highest BCUT2D eigenvalue weighted by Crippen LogP contribution is 2.17. The van der Waals surface area contributed by atoms with Crippen molar-refractivity contribution in [1.29, 1.82) is 0 Å². The first-order valence-electron chi connectivity index (χ1n) is 5.95. The molecule has 0 atom stereocenters. The number of carbonyl (C=O) groups excluding carboxylic acids is 1. The fourth-order valence-corrected chi connectivity index (χ4v) is 1.56. The lowest BCUT2D eigenvalue weighted by Crippen LogP contribution is -2.27. The fourth-order valence-electron chi connectivity index (χ4n) is 1.56. The summed E-state index contributed by atoms with van der Waals surface area (Å²) in [6.07, 6.45) is 1.15. The summed E-state index contributed by atoms with van der Waals surface area (Å²) < 4.78 is 5.51. The van der Waals surface area contributed by atoms with Crippen LogP contribution in [0.2, 0.25) is 0 Å². The van der Waals surface area contributed by atoms with E-state index in [1.807, 2.05) is 31.2 Å². The Hall–Kier alpha value is -1.55. The van der Waals surface area contributed by atoms with Crippen LogP contribution in [0.15, 0.2) is 24.3 Å². The summed E-state index contributed by atoms with van der Waals surface area (Å²) in [5, 5.41) is 2.83. The second kappa shape index (κ2) is 7.68. The van der Waals surface area contributed by atoms with Gasteiger partial charge in [-0.05, 0) is 25.0 Å². The number of nitrogens with two attached hydrogens (primary N) is 1. The molecule has 3 N–H and O–H groups in total. The van der Waals surface area contributed by atoms with Gasteiger partial charge in [0.1, 0.15) is 5.75 Å². The van der Waals surface area contributed by atoms with Crippen LogP contribution in [0.4, 0.5) is 0 Å². The van der Waals surface area contributed by atoms with Crippen LogP contribution in [0.1, 0.15) is 18.9 Å². The molecule has 0 heterocycles. The topological polar surface area (TPSA) is 64.3 Å². The van der Waals surface area contributed by atoms with E-state index in [-0.39, 0.29) is 5.91 Å². The zero-order valence-corrected chi connectivity index (χ0v) is 10.2. The molecule has 1 rings (SSSR count). The number of amides is 1. The van der Waals surface area contributed by atoms with Crippen molar-refractivity contribution < 1.29 is 9.53 Å². The molecular formula is C13H20N2O2. The molecule has 0 saturated heterocycles. The first kappa shape index (κ1) is 13.5. The molecule has 0 fully saturated rings. The van der Waals surface area contributed by atoms with Crippen LogP contribution < -0.4 is 15.8 Å². The summed E-state index contributed by atoms with van der Waals surface area (Å²) >= 11 is 0. The van der Waals surface area contributed by atoms with Crippen LogP contribution in [-0.4, -0.2) is 25.6 Å². The number of nitrogens with one attached hydrogen (secondary N) is 1. The zero-order valence-electron chi connectivity index (χ0n) is 10.2. The molecule has 1 aromatic rings. The Morgan fingerprint density at radius 3 is 2.88 bits per heavy atom. The highest BCUT2D eigenvalue weighted by Gasteiger charge is 2.03. The van der Waals surface area contributed by atoms with E-state index in [1.165, 1.54) is 0 Å². The molecular weight excluding hydrogens is 216 g/mol. The minimum absolute atomic E-state index is 0.00129. The van der Waals surface area contributed by atoms with Crippen molar-refractivity contribution in [2.45, 2.75) is 19.8 Å². The first-order valence-corrected chi connectivity index (χ1v) is 5.95. The van der Waals surface area contributed by atoms with E-state index in [1.54, 1.807) is 0 Å². The highest BCUT2D eigenvalue weighted by atomic mass is 16.5. The molecule has 0 aliphatic heterocycles. The van der Waals surface area contributed by atoms with Crippen molar-refractivity contribution in [2.24, 2.45) is 5.73 Å². The van der Waals surface area contributed by atoms with Crippen molar-refractivity contribution in [1.82, 2.24) is 5.32 Å². The minimum atomic E-state index is 0.00129. The predicted octanol–water partition coefficient (Wildman–Crippen LogP) is 1.09. The van der Waals surface area contributed by atoms with Gasteiger partial charge >= 0.3 is 0 Å². The molecule has 0 unspecified atom stereocenters. The van der Waals surface area contributed by atoms with Crippen molar-refractivity contribution in [3.8, 4) is 5.75 Å². The van der Waals surface area contributed by atoms with Gasteiger partial charge < -0.3 is 15.8 Å². The van der Waals surface area contributed by atoms with Gasteiger partial charge in [-0.1, -0.05) is 18.2 Å². The summed E-state index contributed by atoms with van der Waals surface area (Å²) in [7, 11) is 0. The second-order valence-electron chi connectivity index (χ2n) is 3.68. The molecule has 0 spiro atoms. The standard InChI is InChI=1S/C13H20N2O2/c1-2-17-12-6-4-3-5-11(12)8-10-15-13(16)7-9-14/h3-6H,2,7-10,14H2,1H3,(H,15,16). The van der Waals surface area contributed by atoms with Gasteiger partial charge in [0, 0.05) is 19.5 Å². The van der Waals surface area contributed by atoms with E-state index < -0.39 is 0 Å². The SMILES string of the molecule is CCOc1ccccc1CCNC(=O)CCN. The van der Waals surface area contributed by atoms with Crippen LogP contribution in [0.25, 0.3) is 0 Å². The quantitative estimate of drug-likeness (QED) is 0.745. The van der Waals surface area contributed by atoms with Gasteiger partial charge in [0.25, 0.3) is 0 Å². The molecule has 94 valence electrons. The van der Waals surface area contributed by atoms with Gasteiger partial charge in [0.05, 0.1) is 6.61 Å². The van der Waals surface area contributed by atoms with Crippen molar-refractivity contribution in [3.05, 3.63) is 29.8 Å². The van der Waals surface area contributed by atoms with Crippen LogP contribution >= 0.6 is 0 Å². The summed E-state index contributed by atoms with van der Waals surface area (Å²) in [4.78, 5) is 11.2. The first-order chi connectivity index (χ1) is 8.27. The maximum Gasteiger partial charge on any atom is 0.221 e. The van der Waals surface area contributed by atoms with Crippen LogP contribution in [-0.2, 0) is 11.2 Å². The van der Waals surface area contributed by atoms with Crippen molar-refractivity contribution >= 4 is 5.91 Å². The second-order valence-corrected chi connectivity index (χ2v) is 3.68. The zero-order chi connectivity index (χ0) is 12.5. The summed E-state index contributed by atoms with van der Waals surface area (Å²) in [5.41, 5.74) is 6.41. The Morgan fingerprint density at radius 1 is 1.41 bits per heavy atom. The van der Waals surface area contributed by atoms with Gasteiger partial charge in [-0.15, -0.1) is 0 Å². The largest absolute Gasteiger partial charge is 0.494 e. The number of benzene rings is 1. The van der Waals surface area contributed by atoms with E-state index in [9.17, 15) is 4.79 Å². The van der Waals surface area contributed by atoms with E-state index in [0.29, 0.717) is 26.1 Å². The Labute approximate surface area is 102 Å². The molecule has 1 aromatic carbocycles. The summed E-state index contributed by atoms with van der Waals surface area (Å²) in [6, 6.07) is 7.88. The maximum absolute atomic E-state index is 11.2. The molecule has 1 amide bonds. The average Bonchev–Trinajstić information content (AvgIpc) is 2.32. The number of hydrogen-bond donors (Lipinski definition) is 2. The Morgan fingerprint density at radius 2 is 2.18 bits per heavy atom. The van der Waals surface area contributed by atoms with Gasteiger partial charge in [0.2, 0.25) is 5.91 Å². The van der Waals surface area contributed by atoms with E-state index in [2.05, 4.69) is 5.32 Å². The summed E-state index contributed by atoms with van der Waals surface area (Å²) in [6.45, 7) is 3.61. The van der Waals surface area contributed by atoms with E-state index in [0.717, 1.165) is 17.7 Å². The van der Waals surface area contributed by atoms with Crippen LogP contribution in [0.3, 0.4) is 0 Å². The normalized spacial score (nSPS) is 10.0. The van der Waals surface area contributed by atoms with E-state index in [4.69, 9.17) is 10.5 Å².